The lowest BCUT2D eigenvalue weighted by Crippen LogP contribution is -1.99. The van der Waals surface area contributed by atoms with E-state index in [0.29, 0.717) is 0 Å². The number of hydrogen-bond acceptors (Lipinski definition) is 2. The molecule has 0 N–H and O–H groups in total. The fourth-order valence-corrected chi connectivity index (χ4v) is 8.30. The Morgan fingerprint density at radius 2 is 1.07 bits per heavy atom. The van der Waals surface area contributed by atoms with Gasteiger partial charge in [-0.1, -0.05) is 121 Å². The van der Waals surface area contributed by atoms with Gasteiger partial charge >= 0.3 is 0 Å². The third-order valence-electron chi connectivity index (χ3n) is 9.35. The van der Waals surface area contributed by atoms with Gasteiger partial charge in [-0.15, -0.1) is 11.3 Å². The van der Waals surface area contributed by atoms with Crippen LogP contribution in [0.2, 0.25) is 0 Å². The summed E-state index contributed by atoms with van der Waals surface area (Å²) in [6, 6.07) is 57.2. The van der Waals surface area contributed by atoms with Crippen molar-refractivity contribution in [2.45, 2.75) is 0 Å². The first-order valence-corrected chi connectivity index (χ1v) is 16.4. The summed E-state index contributed by atoms with van der Waals surface area (Å²) in [6.45, 7) is 0. The van der Waals surface area contributed by atoms with Gasteiger partial charge in [0, 0.05) is 42.2 Å². The molecule has 0 unspecified atom stereocenters. The molecule has 46 heavy (non-hydrogen) atoms. The van der Waals surface area contributed by atoms with Crippen molar-refractivity contribution in [3.8, 4) is 28.2 Å². The van der Waals surface area contributed by atoms with Crippen LogP contribution in [0.5, 0.6) is 0 Å². The molecule has 0 saturated carbocycles. The average molecular weight is 603 g/mol. The van der Waals surface area contributed by atoms with Crippen molar-refractivity contribution < 1.29 is 0 Å². The van der Waals surface area contributed by atoms with E-state index in [4.69, 9.17) is 4.98 Å². The molecule has 0 aliphatic carbocycles. The van der Waals surface area contributed by atoms with E-state index >= 15 is 0 Å². The van der Waals surface area contributed by atoms with E-state index in [1.54, 1.807) is 0 Å². The van der Waals surface area contributed by atoms with E-state index in [1.807, 2.05) is 11.3 Å². The number of nitrogens with zero attached hydrogens (tertiary/aromatic N) is 2. The van der Waals surface area contributed by atoms with Crippen molar-refractivity contribution in [1.82, 2.24) is 9.55 Å². The number of rotatable bonds is 3. The molecule has 10 aromatic rings. The SMILES string of the molecule is c1cc(-c2ccc3sc4ccccc4c3c2)cc(-n2c(-c3ccc4ccccc4c3)nc3c4ccccc4c4ccccc4c32)c1. The summed E-state index contributed by atoms with van der Waals surface area (Å²) in [5, 5.41) is 9.90. The van der Waals surface area contributed by atoms with Crippen LogP contribution in [0.15, 0.2) is 158 Å². The van der Waals surface area contributed by atoms with E-state index < -0.39 is 0 Å². The van der Waals surface area contributed by atoms with Gasteiger partial charge in [-0.3, -0.25) is 4.57 Å². The Kier molecular flexibility index (Phi) is 5.48. The topological polar surface area (TPSA) is 17.8 Å². The molecule has 0 saturated heterocycles. The number of thiophene rings is 1. The average Bonchev–Trinajstić information content (AvgIpc) is 3.71. The number of aromatic nitrogens is 2. The Labute approximate surface area is 269 Å². The maximum Gasteiger partial charge on any atom is 0.145 e. The Morgan fingerprint density at radius 1 is 0.413 bits per heavy atom. The zero-order valence-corrected chi connectivity index (χ0v) is 25.6. The summed E-state index contributed by atoms with van der Waals surface area (Å²) in [6.07, 6.45) is 0. The predicted molar refractivity (Wildman–Crippen MR) is 197 cm³/mol. The summed E-state index contributed by atoms with van der Waals surface area (Å²) < 4.78 is 5.03. The molecule has 2 aromatic heterocycles. The second kappa shape index (κ2) is 9.87. The quantitative estimate of drug-likeness (QED) is 0.184. The summed E-state index contributed by atoms with van der Waals surface area (Å²) in [4.78, 5) is 5.48. The normalized spacial score (nSPS) is 11.9. The van der Waals surface area contributed by atoms with Gasteiger partial charge in [0.2, 0.25) is 0 Å². The monoisotopic (exact) mass is 602 g/mol. The molecule has 8 aromatic carbocycles. The van der Waals surface area contributed by atoms with Gasteiger partial charge in [0.05, 0.1) is 11.0 Å². The minimum atomic E-state index is 0.943. The van der Waals surface area contributed by atoms with E-state index in [2.05, 4.69) is 162 Å². The van der Waals surface area contributed by atoms with Crippen molar-refractivity contribution in [2.24, 2.45) is 0 Å². The molecule has 10 rings (SSSR count). The first kappa shape index (κ1) is 25.5. The second-order valence-corrected chi connectivity index (χ2v) is 13.1. The Morgan fingerprint density at radius 3 is 1.93 bits per heavy atom. The molecule has 0 amide bonds. The Hall–Kier alpha value is -5.77. The summed E-state index contributed by atoms with van der Waals surface area (Å²) in [5.74, 6) is 0.943. The number of fused-ring (bicyclic) bond motifs is 10. The van der Waals surface area contributed by atoms with Gasteiger partial charge in [0.1, 0.15) is 5.82 Å². The highest BCUT2D eigenvalue weighted by atomic mass is 32.1. The van der Waals surface area contributed by atoms with E-state index in [-0.39, 0.29) is 0 Å². The van der Waals surface area contributed by atoms with Gasteiger partial charge in [0.15, 0.2) is 0 Å². The van der Waals surface area contributed by atoms with Crippen LogP contribution in [0, 0.1) is 0 Å². The van der Waals surface area contributed by atoms with Gasteiger partial charge in [-0.05, 0) is 69.1 Å². The smallest absolute Gasteiger partial charge is 0.145 e. The molecule has 0 atom stereocenters. The molecular weight excluding hydrogens is 577 g/mol. The highest BCUT2D eigenvalue weighted by molar-refractivity contribution is 7.25. The molecule has 0 radical (unpaired) electrons. The Bertz CT molecular complexity index is 2820. The van der Waals surface area contributed by atoms with Crippen molar-refractivity contribution in [3.05, 3.63) is 158 Å². The van der Waals surface area contributed by atoms with Crippen molar-refractivity contribution in [3.63, 3.8) is 0 Å². The van der Waals surface area contributed by atoms with Crippen LogP contribution < -0.4 is 0 Å². The van der Waals surface area contributed by atoms with Crippen LogP contribution in [-0.4, -0.2) is 9.55 Å². The first-order valence-electron chi connectivity index (χ1n) is 15.6. The lowest BCUT2D eigenvalue weighted by atomic mass is 9.99. The largest absolute Gasteiger partial charge is 0.292 e. The molecular formula is C43H26N2S. The first-order chi connectivity index (χ1) is 22.8. The zero-order valence-electron chi connectivity index (χ0n) is 24.8. The third kappa shape index (κ3) is 3.79. The maximum absolute atomic E-state index is 5.48. The minimum Gasteiger partial charge on any atom is -0.292 e. The van der Waals surface area contributed by atoms with Crippen LogP contribution in [-0.2, 0) is 0 Å². The molecule has 2 nitrogen and oxygen atoms in total. The van der Waals surface area contributed by atoms with E-state index in [0.717, 1.165) is 28.1 Å². The van der Waals surface area contributed by atoms with E-state index in [9.17, 15) is 0 Å². The van der Waals surface area contributed by atoms with Crippen molar-refractivity contribution in [1.29, 1.82) is 0 Å². The molecule has 0 fully saturated rings. The van der Waals surface area contributed by atoms with E-state index in [1.165, 1.54) is 63.6 Å². The highest BCUT2D eigenvalue weighted by Crippen LogP contribution is 2.41. The standard InChI is InChI=1S/C43H26N2S/c1-2-11-28-24-31(21-20-27(28)10-1)43-44-41-36-17-5-3-14-33(36)34-15-4-6-18-37(34)42(41)45(43)32-13-9-12-29(25-32)30-22-23-40-38(26-30)35-16-7-8-19-39(35)46-40/h1-26H. The van der Waals surface area contributed by atoms with Crippen LogP contribution in [0.1, 0.15) is 0 Å². The molecule has 3 heteroatoms. The fourth-order valence-electron chi connectivity index (χ4n) is 7.21. The van der Waals surface area contributed by atoms with Crippen LogP contribution in [0.3, 0.4) is 0 Å². The molecule has 2 heterocycles. The summed E-state index contributed by atoms with van der Waals surface area (Å²) in [5.41, 5.74) is 6.75. The maximum atomic E-state index is 5.48. The number of benzene rings is 8. The molecule has 0 aliphatic rings. The zero-order chi connectivity index (χ0) is 30.2. The fraction of sp³-hybridized carbons (Fsp3) is 0. The Balaban J connectivity index is 1.28. The van der Waals surface area contributed by atoms with Gasteiger partial charge < -0.3 is 0 Å². The molecule has 214 valence electrons. The lowest BCUT2D eigenvalue weighted by Gasteiger charge is -2.14. The van der Waals surface area contributed by atoms with Crippen LogP contribution in [0.25, 0.3) is 91.7 Å². The van der Waals surface area contributed by atoms with Crippen molar-refractivity contribution >= 4 is 74.9 Å². The number of hydrogen-bond donors (Lipinski definition) is 0. The van der Waals surface area contributed by atoms with Gasteiger partial charge in [-0.25, -0.2) is 4.98 Å². The minimum absolute atomic E-state index is 0.943. The highest BCUT2D eigenvalue weighted by Gasteiger charge is 2.20. The van der Waals surface area contributed by atoms with Crippen molar-refractivity contribution in [2.75, 3.05) is 0 Å². The van der Waals surface area contributed by atoms with Gasteiger partial charge in [-0.2, -0.15) is 0 Å². The van der Waals surface area contributed by atoms with Crippen LogP contribution in [0.4, 0.5) is 0 Å². The summed E-state index contributed by atoms with van der Waals surface area (Å²) >= 11 is 1.86. The summed E-state index contributed by atoms with van der Waals surface area (Å²) in [7, 11) is 0. The molecule has 0 bridgehead atoms. The third-order valence-corrected chi connectivity index (χ3v) is 10.5. The molecule has 0 spiro atoms. The predicted octanol–water partition coefficient (Wildman–Crippen LogP) is 12.2. The molecule has 0 aliphatic heterocycles. The lowest BCUT2D eigenvalue weighted by molar-refractivity contribution is 1.11. The van der Waals surface area contributed by atoms with Gasteiger partial charge in [0.25, 0.3) is 0 Å². The second-order valence-electron chi connectivity index (χ2n) is 12.0. The number of imidazole rings is 1. The van der Waals surface area contributed by atoms with Crippen LogP contribution >= 0.6 is 11.3 Å².